The Bertz CT molecular complexity index is 646. The normalized spacial score (nSPS) is 13.8. The van der Waals surface area contributed by atoms with E-state index in [1.54, 1.807) is 0 Å². The third kappa shape index (κ3) is 2.17. The van der Waals surface area contributed by atoms with Crippen LogP contribution in [0.25, 0.3) is 0 Å². The predicted molar refractivity (Wildman–Crippen MR) is 77.8 cm³/mol. The fourth-order valence-electron chi connectivity index (χ4n) is 2.27. The maximum Gasteiger partial charge on any atom is 0.208 e. The van der Waals surface area contributed by atoms with E-state index < -0.39 is 0 Å². The first-order valence-electron chi connectivity index (χ1n) is 6.21. The number of hydrogen-bond donors (Lipinski definition) is 0. The van der Waals surface area contributed by atoms with Crippen molar-refractivity contribution in [3.05, 3.63) is 50.2 Å². The van der Waals surface area contributed by atoms with Gasteiger partial charge in [0.25, 0.3) is 0 Å². The second-order valence-corrected chi connectivity index (χ2v) is 5.89. The van der Waals surface area contributed by atoms with Gasteiger partial charge in [0.05, 0.1) is 22.1 Å². The highest BCUT2D eigenvalue weighted by molar-refractivity contribution is 7.13. The SMILES string of the molecule is Cc1csc(C(=O)c2cccc3c2OCCC3)c1Cl. The van der Waals surface area contributed by atoms with Gasteiger partial charge in [0, 0.05) is 0 Å². The molecular formula is C15H13ClO2S. The number of fused-ring (bicyclic) bond motifs is 1. The molecule has 0 bridgehead atoms. The Morgan fingerprint density at radius 1 is 1.42 bits per heavy atom. The first-order valence-corrected chi connectivity index (χ1v) is 7.47. The molecule has 1 aliphatic rings. The number of para-hydroxylation sites is 1. The smallest absolute Gasteiger partial charge is 0.208 e. The molecule has 4 heteroatoms. The third-order valence-electron chi connectivity index (χ3n) is 3.28. The molecule has 2 heterocycles. The van der Waals surface area contributed by atoms with Crippen molar-refractivity contribution in [3.8, 4) is 5.75 Å². The lowest BCUT2D eigenvalue weighted by Crippen LogP contribution is -2.13. The highest BCUT2D eigenvalue weighted by atomic mass is 35.5. The van der Waals surface area contributed by atoms with Crippen LogP contribution < -0.4 is 4.74 Å². The van der Waals surface area contributed by atoms with E-state index >= 15 is 0 Å². The highest BCUT2D eigenvalue weighted by Crippen LogP contribution is 2.34. The van der Waals surface area contributed by atoms with E-state index in [9.17, 15) is 4.79 Å². The summed E-state index contributed by atoms with van der Waals surface area (Å²) in [6.07, 6.45) is 1.97. The first kappa shape index (κ1) is 12.7. The average Bonchev–Trinajstić information content (AvgIpc) is 2.78. The minimum atomic E-state index is -0.0400. The highest BCUT2D eigenvalue weighted by Gasteiger charge is 2.23. The molecule has 0 radical (unpaired) electrons. The van der Waals surface area contributed by atoms with Gasteiger partial charge in [-0.25, -0.2) is 0 Å². The number of aryl methyl sites for hydroxylation is 2. The van der Waals surface area contributed by atoms with E-state index in [1.807, 2.05) is 30.5 Å². The molecule has 1 aromatic heterocycles. The zero-order valence-corrected chi connectivity index (χ0v) is 12.1. The molecule has 2 aromatic rings. The molecule has 0 N–H and O–H groups in total. The number of hydrogen-bond acceptors (Lipinski definition) is 3. The van der Waals surface area contributed by atoms with Gasteiger partial charge in [-0.05, 0) is 42.3 Å². The van der Waals surface area contributed by atoms with Crippen LogP contribution in [-0.4, -0.2) is 12.4 Å². The van der Waals surface area contributed by atoms with E-state index in [0.717, 1.165) is 29.7 Å². The van der Waals surface area contributed by atoms with E-state index in [1.165, 1.54) is 11.3 Å². The van der Waals surface area contributed by atoms with Crippen LogP contribution in [0.1, 0.15) is 32.8 Å². The third-order valence-corrected chi connectivity index (χ3v) is 4.98. The van der Waals surface area contributed by atoms with Crippen molar-refractivity contribution >= 4 is 28.7 Å². The number of rotatable bonds is 2. The van der Waals surface area contributed by atoms with Crippen LogP contribution in [0, 0.1) is 6.92 Å². The summed E-state index contributed by atoms with van der Waals surface area (Å²) in [4.78, 5) is 13.2. The predicted octanol–water partition coefficient (Wildman–Crippen LogP) is 4.27. The van der Waals surface area contributed by atoms with E-state index in [-0.39, 0.29) is 5.78 Å². The molecule has 0 unspecified atom stereocenters. The van der Waals surface area contributed by atoms with Crippen LogP contribution in [0.3, 0.4) is 0 Å². The Morgan fingerprint density at radius 3 is 3.00 bits per heavy atom. The Labute approximate surface area is 121 Å². The summed E-state index contributed by atoms with van der Waals surface area (Å²) >= 11 is 7.58. The van der Waals surface area contributed by atoms with E-state index in [0.29, 0.717) is 22.1 Å². The van der Waals surface area contributed by atoms with Crippen molar-refractivity contribution in [1.82, 2.24) is 0 Å². The van der Waals surface area contributed by atoms with Crippen LogP contribution >= 0.6 is 22.9 Å². The lowest BCUT2D eigenvalue weighted by atomic mass is 9.99. The molecule has 0 atom stereocenters. The van der Waals surface area contributed by atoms with Crippen LogP contribution in [0.4, 0.5) is 0 Å². The summed E-state index contributed by atoms with van der Waals surface area (Å²) in [6.45, 7) is 2.58. The van der Waals surface area contributed by atoms with Crippen molar-refractivity contribution in [2.45, 2.75) is 19.8 Å². The van der Waals surface area contributed by atoms with Gasteiger partial charge in [-0.15, -0.1) is 11.3 Å². The summed E-state index contributed by atoms with van der Waals surface area (Å²) in [7, 11) is 0. The Morgan fingerprint density at radius 2 is 2.26 bits per heavy atom. The molecule has 0 spiro atoms. The number of benzene rings is 1. The van der Waals surface area contributed by atoms with Crippen molar-refractivity contribution in [2.24, 2.45) is 0 Å². The number of ether oxygens (including phenoxy) is 1. The number of carbonyl (C=O) groups is 1. The molecule has 0 saturated carbocycles. The van der Waals surface area contributed by atoms with Crippen LogP contribution in [0.15, 0.2) is 23.6 Å². The maximum absolute atomic E-state index is 12.6. The van der Waals surface area contributed by atoms with Gasteiger partial charge in [-0.3, -0.25) is 4.79 Å². The van der Waals surface area contributed by atoms with E-state index in [2.05, 4.69) is 0 Å². The molecule has 2 nitrogen and oxygen atoms in total. The van der Waals surface area contributed by atoms with Crippen molar-refractivity contribution < 1.29 is 9.53 Å². The van der Waals surface area contributed by atoms with Crippen molar-refractivity contribution in [1.29, 1.82) is 0 Å². The average molecular weight is 293 g/mol. The Balaban J connectivity index is 2.07. The maximum atomic E-state index is 12.6. The minimum absolute atomic E-state index is 0.0400. The van der Waals surface area contributed by atoms with Gasteiger partial charge < -0.3 is 4.74 Å². The first-order chi connectivity index (χ1) is 9.18. The van der Waals surface area contributed by atoms with Crippen molar-refractivity contribution in [2.75, 3.05) is 6.61 Å². The zero-order valence-electron chi connectivity index (χ0n) is 10.5. The molecular weight excluding hydrogens is 280 g/mol. The van der Waals surface area contributed by atoms with Crippen molar-refractivity contribution in [3.63, 3.8) is 0 Å². The fraction of sp³-hybridized carbons (Fsp3) is 0.267. The van der Waals surface area contributed by atoms with Crippen LogP contribution in [0.5, 0.6) is 5.75 Å². The topological polar surface area (TPSA) is 26.3 Å². The Kier molecular flexibility index (Phi) is 3.33. The number of ketones is 1. The number of carbonyl (C=O) groups excluding carboxylic acids is 1. The molecule has 98 valence electrons. The summed E-state index contributed by atoms with van der Waals surface area (Å²) in [5.41, 5.74) is 2.68. The van der Waals surface area contributed by atoms with Gasteiger partial charge in [-0.2, -0.15) is 0 Å². The minimum Gasteiger partial charge on any atom is -0.493 e. The summed E-state index contributed by atoms with van der Waals surface area (Å²) in [5.74, 6) is 0.697. The van der Waals surface area contributed by atoms with Gasteiger partial charge in [0.1, 0.15) is 5.75 Å². The lowest BCUT2D eigenvalue weighted by Gasteiger charge is -2.19. The summed E-state index contributed by atoms with van der Waals surface area (Å²) in [6, 6.07) is 5.75. The summed E-state index contributed by atoms with van der Waals surface area (Å²) in [5, 5.41) is 2.47. The number of thiophene rings is 1. The van der Waals surface area contributed by atoms with Gasteiger partial charge in [-0.1, -0.05) is 23.7 Å². The fourth-order valence-corrected chi connectivity index (χ4v) is 3.51. The monoisotopic (exact) mass is 292 g/mol. The van der Waals surface area contributed by atoms with Gasteiger partial charge in [0.15, 0.2) is 0 Å². The van der Waals surface area contributed by atoms with Gasteiger partial charge in [0.2, 0.25) is 5.78 Å². The molecule has 1 aliphatic heterocycles. The molecule has 3 rings (SSSR count). The molecule has 19 heavy (non-hydrogen) atoms. The number of halogens is 1. The van der Waals surface area contributed by atoms with E-state index in [4.69, 9.17) is 16.3 Å². The standard InChI is InChI=1S/C15H13ClO2S/c1-9-8-19-15(12(9)16)13(17)11-6-2-4-10-5-3-7-18-14(10)11/h2,4,6,8H,3,5,7H2,1H3. The summed E-state index contributed by atoms with van der Waals surface area (Å²) < 4.78 is 5.68. The molecule has 1 aromatic carbocycles. The second kappa shape index (κ2) is 4.99. The molecule has 0 fully saturated rings. The lowest BCUT2D eigenvalue weighted by molar-refractivity contribution is 0.103. The van der Waals surface area contributed by atoms with Gasteiger partial charge >= 0.3 is 0 Å². The Hall–Kier alpha value is -1.32. The van der Waals surface area contributed by atoms with Crippen LogP contribution in [-0.2, 0) is 6.42 Å². The molecule has 0 amide bonds. The largest absolute Gasteiger partial charge is 0.493 e. The molecule has 0 saturated heterocycles. The van der Waals surface area contributed by atoms with Crippen LogP contribution in [0.2, 0.25) is 5.02 Å². The molecule has 0 aliphatic carbocycles. The quantitative estimate of drug-likeness (QED) is 0.773. The zero-order chi connectivity index (χ0) is 13.4. The second-order valence-electron chi connectivity index (χ2n) is 4.64.